The summed E-state index contributed by atoms with van der Waals surface area (Å²) in [6.45, 7) is 9.37. The Morgan fingerprint density at radius 1 is 1.10 bits per heavy atom. The third-order valence-electron chi connectivity index (χ3n) is 8.59. The van der Waals surface area contributed by atoms with Gasteiger partial charge in [0.15, 0.2) is 5.60 Å². The largest absolute Gasteiger partial charge is 0.421 e. The summed E-state index contributed by atoms with van der Waals surface area (Å²) in [4.78, 5) is 17.3. The van der Waals surface area contributed by atoms with E-state index >= 15 is 0 Å². The van der Waals surface area contributed by atoms with Crippen molar-refractivity contribution in [1.82, 2.24) is 9.80 Å². The predicted molar refractivity (Wildman–Crippen MR) is 113 cm³/mol. The van der Waals surface area contributed by atoms with Crippen molar-refractivity contribution in [2.24, 2.45) is 5.41 Å². The Bertz CT molecular complexity index is 874. The molecule has 2 bridgehead atoms. The minimum atomic E-state index is -4.75. The number of hydrogen-bond donors (Lipinski definition) is 1. The maximum Gasteiger partial charge on any atom is 0.421 e. The average molecular weight is 439 g/mol. The van der Waals surface area contributed by atoms with Crippen LogP contribution in [0.3, 0.4) is 0 Å². The van der Waals surface area contributed by atoms with Crippen molar-refractivity contribution in [2.45, 2.75) is 83.0 Å². The number of carbonyl (C=O) groups is 1. The second-order valence-corrected chi connectivity index (χ2v) is 10.5. The number of carbonyl (C=O) groups excluding carboxylic acids is 1. The van der Waals surface area contributed by atoms with Crippen LogP contribution in [0.1, 0.15) is 70.1 Å². The summed E-state index contributed by atoms with van der Waals surface area (Å²) in [5.41, 5.74) is -1.87. The molecule has 4 nitrogen and oxygen atoms in total. The van der Waals surface area contributed by atoms with Crippen LogP contribution < -0.4 is 0 Å². The molecule has 3 atom stereocenters. The van der Waals surface area contributed by atoms with E-state index in [1.54, 1.807) is 12.1 Å². The fourth-order valence-electron chi connectivity index (χ4n) is 5.87. The molecule has 2 amide bonds. The quantitative estimate of drug-likeness (QED) is 0.672. The van der Waals surface area contributed by atoms with Gasteiger partial charge in [-0.3, -0.25) is 0 Å². The monoisotopic (exact) mass is 438 g/mol. The number of benzene rings is 1. The molecule has 1 aromatic carbocycles. The lowest BCUT2D eigenvalue weighted by molar-refractivity contribution is -0.258. The number of alkyl halides is 3. The molecule has 0 aromatic heterocycles. The van der Waals surface area contributed by atoms with Crippen molar-refractivity contribution >= 4 is 6.03 Å². The zero-order chi connectivity index (χ0) is 22.8. The minimum absolute atomic E-state index is 0.0119. The van der Waals surface area contributed by atoms with Crippen LogP contribution in [-0.4, -0.2) is 52.8 Å². The maximum atomic E-state index is 13.5. The Morgan fingerprint density at radius 2 is 1.74 bits per heavy atom. The lowest BCUT2D eigenvalue weighted by atomic mass is 9.51. The Labute approximate surface area is 182 Å². The minimum Gasteiger partial charge on any atom is -0.376 e. The molecule has 31 heavy (non-hydrogen) atoms. The number of nitrogens with zero attached hydrogens (tertiary/aromatic N) is 2. The fraction of sp³-hybridized carbons (Fsp3) is 0.708. The number of aliphatic hydroxyl groups is 1. The van der Waals surface area contributed by atoms with Crippen LogP contribution in [0.4, 0.5) is 18.0 Å². The molecule has 1 aliphatic carbocycles. The van der Waals surface area contributed by atoms with Gasteiger partial charge in [0.2, 0.25) is 0 Å². The lowest BCUT2D eigenvalue weighted by Crippen LogP contribution is -2.66. The van der Waals surface area contributed by atoms with Gasteiger partial charge in [0.1, 0.15) is 0 Å². The van der Waals surface area contributed by atoms with E-state index in [1.807, 2.05) is 9.80 Å². The SMILES string of the molecule is CC(O)(c1ccc2c(c1)[C@]1(C)CCN(C(=O)N3CCCCC3)[C@H](C2)C1(C)C)C(F)(F)F. The van der Waals surface area contributed by atoms with E-state index in [-0.39, 0.29) is 28.5 Å². The van der Waals surface area contributed by atoms with Gasteiger partial charge in [-0.05, 0) is 61.1 Å². The highest BCUT2D eigenvalue weighted by atomic mass is 19.4. The standard InChI is InChI=1S/C24H33F3N2O2/c1-21(2)19-14-16-8-9-17(23(4,31)24(25,26)27)15-18(16)22(21,3)10-13-29(19)20(30)28-11-6-5-7-12-28/h8-9,15,19,31H,5-7,10-14H2,1-4H3/t19-,22+,23?/m1/s1. The van der Waals surface area contributed by atoms with Gasteiger partial charge in [0.05, 0.1) is 0 Å². The highest BCUT2D eigenvalue weighted by Crippen LogP contribution is 2.57. The molecule has 1 aromatic rings. The number of piperidine rings is 2. The third-order valence-corrected chi connectivity index (χ3v) is 8.59. The van der Waals surface area contributed by atoms with E-state index in [9.17, 15) is 23.1 Å². The average Bonchev–Trinajstić information content (AvgIpc) is 2.70. The molecule has 2 saturated heterocycles. The van der Waals surface area contributed by atoms with Crippen molar-refractivity contribution in [3.8, 4) is 0 Å². The number of likely N-dealkylation sites (tertiary alicyclic amines) is 2. The van der Waals surface area contributed by atoms with Crippen LogP contribution in [-0.2, 0) is 17.4 Å². The molecule has 1 N–H and O–H groups in total. The molecule has 3 aliphatic rings. The smallest absolute Gasteiger partial charge is 0.376 e. The van der Waals surface area contributed by atoms with Crippen molar-refractivity contribution in [1.29, 1.82) is 0 Å². The first-order valence-corrected chi connectivity index (χ1v) is 11.3. The summed E-state index contributed by atoms with van der Waals surface area (Å²) in [6, 6.07) is 4.76. The zero-order valence-corrected chi connectivity index (χ0v) is 18.9. The lowest BCUT2D eigenvalue weighted by Gasteiger charge is -2.61. The van der Waals surface area contributed by atoms with E-state index < -0.39 is 11.8 Å². The summed E-state index contributed by atoms with van der Waals surface area (Å²) >= 11 is 0. The predicted octanol–water partition coefficient (Wildman–Crippen LogP) is 4.98. The van der Waals surface area contributed by atoms with E-state index in [0.29, 0.717) is 19.4 Å². The van der Waals surface area contributed by atoms with Gasteiger partial charge in [-0.1, -0.05) is 39.0 Å². The van der Waals surface area contributed by atoms with E-state index in [2.05, 4.69) is 20.8 Å². The Hall–Kier alpha value is -1.76. The molecule has 1 unspecified atom stereocenters. The summed E-state index contributed by atoms with van der Waals surface area (Å²) < 4.78 is 40.4. The van der Waals surface area contributed by atoms with E-state index in [0.717, 1.165) is 50.4 Å². The second kappa shape index (κ2) is 7.12. The summed E-state index contributed by atoms with van der Waals surface area (Å²) in [5, 5.41) is 10.2. The van der Waals surface area contributed by atoms with Crippen LogP contribution in [0, 0.1) is 5.41 Å². The molecule has 0 saturated carbocycles. The van der Waals surface area contributed by atoms with Gasteiger partial charge >= 0.3 is 12.2 Å². The molecule has 172 valence electrons. The number of urea groups is 1. The highest BCUT2D eigenvalue weighted by molar-refractivity contribution is 5.75. The van der Waals surface area contributed by atoms with Crippen LogP contribution in [0.2, 0.25) is 0 Å². The Kier molecular flexibility index (Phi) is 5.15. The fourth-order valence-corrected chi connectivity index (χ4v) is 5.87. The van der Waals surface area contributed by atoms with Crippen molar-refractivity contribution in [2.75, 3.05) is 19.6 Å². The van der Waals surface area contributed by atoms with Gasteiger partial charge in [-0.15, -0.1) is 0 Å². The molecule has 0 spiro atoms. The number of hydrogen-bond acceptors (Lipinski definition) is 2. The molecule has 2 fully saturated rings. The molecule has 2 heterocycles. The van der Waals surface area contributed by atoms with Gasteiger partial charge in [-0.25, -0.2) is 4.79 Å². The first kappa shape index (κ1) is 22.4. The zero-order valence-electron chi connectivity index (χ0n) is 18.9. The second-order valence-electron chi connectivity index (χ2n) is 10.5. The van der Waals surface area contributed by atoms with Gasteiger partial charge in [0.25, 0.3) is 0 Å². The molecule has 4 rings (SSSR count). The van der Waals surface area contributed by atoms with Crippen molar-refractivity contribution < 1.29 is 23.1 Å². The number of halogens is 3. The molecule has 2 aliphatic heterocycles. The van der Waals surface area contributed by atoms with Gasteiger partial charge in [-0.2, -0.15) is 13.2 Å². The number of amides is 2. The summed E-state index contributed by atoms with van der Waals surface area (Å²) in [5.74, 6) is 0. The van der Waals surface area contributed by atoms with Crippen LogP contribution in [0.5, 0.6) is 0 Å². The topological polar surface area (TPSA) is 43.8 Å². The number of rotatable bonds is 1. The first-order chi connectivity index (χ1) is 14.3. The third kappa shape index (κ3) is 3.26. The van der Waals surface area contributed by atoms with Gasteiger partial charge < -0.3 is 14.9 Å². The van der Waals surface area contributed by atoms with Gasteiger partial charge in [0, 0.05) is 31.1 Å². The summed E-state index contributed by atoms with van der Waals surface area (Å²) in [7, 11) is 0. The summed E-state index contributed by atoms with van der Waals surface area (Å²) in [6.07, 6.45) is -0.216. The number of fused-ring (bicyclic) bond motifs is 4. The van der Waals surface area contributed by atoms with Crippen LogP contribution in [0.15, 0.2) is 18.2 Å². The Morgan fingerprint density at radius 3 is 2.35 bits per heavy atom. The highest BCUT2D eigenvalue weighted by Gasteiger charge is 2.58. The van der Waals surface area contributed by atoms with Crippen molar-refractivity contribution in [3.63, 3.8) is 0 Å². The molecular weight excluding hydrogens is 405 g/mol. The molecular formula is C24H33F3N2O2. The Balaban J connectivity index is 1.72. The molecule has 0 radical (unpaired) electrons. The normalized spacial score (nSPS) is 29.9. The first-order valence-electron chi connectivity index (χ1n) is 11.3. The van der Waals surface area contributed by atoms with E-state index in [4.69, 9.17) is 0 Å². The van der Waals surface area contributed by atoms with E-state index in [1.165, 1.54) is 6.07 Å². The molecule has 7 heteroatoms. The van der Waals surface area contributed by atoms with Crippen LogP contribution >= 0.6 is 0 Å². The maximum absolute atomic E-state index is 13.5. The van der Waals surface area contributed by atoms with Crippen LogP contribution in [0.25, 0.3) is 0 Å². The van der Waals surface area contributed by atoms with Crippen molar-refractivity contribution in [3.05, 3.63) is 34.9 Å².